The molecule has 0 spiro atoms. The molecule has 0 bridgehead atoms. The molecule has 8 nitrogen and oxygen atoms in total. The van der Waals surface area contributed by atoms with Gasteiger partial charge in [-0.15, -0.1) is 0 Å². The van der Waals surface area contributed by atoms with Crippen LogP contribution in [0.5, 0.6) is 0 Å². The summed E-state index contributed by atoms with van der Waals surface area (Å²) >= 11 is 1.49. The van der Waals surface area contributed by atoms with Gasteiger partial charge < -0.3 is 25.5 Å². The molecule has 1 fully saturated rings. The number of nitrogens with zero attached hydrogens (tertiary/aromatic N) is 4. The van der Waals surface area contributed by atoms with Gasteiger partial charge in [0.1, 0.15) is 6.10 Å². The van der Waals surface area contributed by atoms with Gasteiger partial charge in [-0.1, -0.05) is 17.4 Å². The number of thiazole rings is 1. The molecule has 3 atom stereocenters. The highest BCUT2D eigenvalue weighted by molar-refractivity contribution is 7.22. The van der Waals surface area contributed by atoms with E-state index in [1.165, 1.54) is 23.6 Å². The Morgan fingerprint density at radius 1 is 1.29 bits per heavy atom. The number of rotatable bonds is 6. The van der Waals surface area contributed by atoms with Crippen molar-refractivity contribution in [3.05, 3.63) is 47.4 Å². The summed E-state index contributed by atoms with van der Waals surface area (Å²) < 4.78 is 15.6. The molecule has 0 saturated carbocycles. The number of hydrogen-bond acceptors (Lipinski definition) is 9. The van der Waals surface area contributed by atoms with Crippen molar-refractivity contribution < 1.29 is 19.7 Å². The van der Waals surface area contributed by atoms with Crippen molar-refractivity contribution in [1.82, 2.24) is 14.9 Å². The molecular weight excluding hydrogens is 421 g/mol. The molecule has 3 aromatic rings. The van der Waals surface area contributed by atoms with Crippen LogP contribution in [0, 0.1) is 12.7 Å². The molecule has 0 aliphatic carbocycles. The van der Waals surface area contributed by atoms with Crippen LogP contribution in [0.3, 0.4) is 0 Å². The number of fused-ring (bicyclic) bond motifs is 1. The monoisotopic (exact) mass is 447 g/mol. The first-order valence-electron chi connectivity index (χ1n) is 10.1. The molecule has 31 heavy (non-hydrogen) atoms. The number of aliphatic hydroxyl groups excluding tert-OH is 3. The van der Waals surface area contributed by atoms with Crippen LogP contribution < -0.4 is 10.2 Å². The van der Waals surface area contributed by atoms with Crippen molar-refractivity contribution in [2.24, 2.45) is 0 Å². The highest BCUT2D eigenvalue weighted by Gasteiger charge is 2.30. The van der Waals surface area contributed by atoms with Gasteiger partial charge in [-0.05, 0) is 37.6 Å². The van der Waals surface area contributed by atoms with E-state index in [4.69, 9.17) is 5.11 Å². The van der Waals surface area contributed by atoms with Crippen molar-refractivity contribution in [1.29, 1.82) is 0 Å². The SMILES string of the molecule is Cc1ccc2nc(NC(O)N3CCN(c4ncc([C@H](O)CO)cc4F)C[C@@H]3C)sc2c1. The smallest absolute Gasteiger partial charge is 0.186 e. The lowest BCUT2D eigenvalue weighted by Gasteiger charge is -2.42. The number of aryl methyl sites for hydroxylation is 1. The van der Waals surface area contributed by atoms with Gasteiger partial charge in [-0.2, -0.15) is 0 Å². The number of piperazine rings is 1. The zero-order valence-corrected chi connectivity index (χ0v) is 18.2. The molecule has 0 amide bonds. The van der Waals surface area contributed by atoms with Crippen LogP contribution >= 0.6 is 11.3 Å². The van der Waals surface area contributed by atoms with Gasteiger partial charge in [-0.3, -0.25) is 4.90 Å². The molecule has 2 aromatic heterocycles. The number of benzene rings is 1. The summed E-state index contributed by atoms with van der Waals surface area (Å²) in [5, 5.41) is 33.1. The van der Waals surface area contributed by atoms with Crippen LogP contribution in [0.2, 0.25) is 0 Å². The largest absolute Gasteiger partial charge is 0.393 e. The number of aliphatic hydroxyl groups is 3. The standard InChI is InChI=1S/C21H26FN5O3S/c1-12-3-4-16-18(7-12)31-20(24-16)25-21(30)27-6-5-26(10-13(27)2)19-15(22)8-14(9-23-19)17(29)11-28/h3-4,7-9,13,17,21,28-30H,5-6,10-11H2,1-2H3,(H,24,25)/t13-,17+,21?/m0/s1. The third-order valence-corrected chi connectivity index (χ3v) is 6.44. The quantitative estimate of drug-likeness (QED) is 0.426. The molecule has 1 aliphatic rings. The second-order valence-corrected chi connectivity index (χ2v) is 8.84. The summed E-state index contributed by atoms with van der Waals surface area (Å²) in [5.74, 6) is -0.349. The highest BCUT2D eigenvalue weighted by Crippen LogP contribution is 2.28. The Labute approximate surface area is 183 Å². The van der Waals surface area contributed by atoms with Gasteiger partial charge in [0.05, 0.1) is 16.8 Å². The van der Waals surface area contributed by atoms with Gasteiger partial charge in [-0.25, -0.2) is 14.4 Å². The van der Waals surface area contributed by atoms with Crippen LogP contribution in [-0.4, -0.2) is 68.8 Å². The molecule has 1 unspecified atom stereocenters. The lowest BCUT2D eigenvalue weighted by atomic mass is 10.1. The van der Waals surface area contributed by atoms with Crippen LogP contribution in [0.1, 0.15) is 24.2 Å². The van der Waals surface area contributed by atoms with Crippen molar-refractivity contribution in [3.63, 3.8) is 0 Å². The Morgan fingerprint density at radius 3 is 2.81 bits per heavy atom. The zero-order valence-electron chi connectivity index (χ0n) is 17.4. The normalized spacial score (nSPS) is 19.5. The van der Waals surface area contributed by atoms with Crippen molar-refractivity contribution >= 4 is 32.5 Å². The highest BCUT2D eigenvalue weighted by atomic mass is 32.1. The third kappa shape index (κ3) is 4.63. The van der Waals surface area contributed by atoms with Crippen LogP contribution in [-0.2, 0) is 0 Å². The number of anilines is 2. The number of nitrogens with one attached hydrogen (secondary N) is 1. The van der Waals surface area contributed by atoms with Crippen LogP contribution in [0.25, 0.3) is 10.2 Å². The number of pyridine rings is 1. The first-order chi connectivity index (χ1) is 14.9. The molecular formula is C21H26FN5O3S. The Balaban J connectivity index is 1.41. The maximum atomic E-state index is 14.6. The van der Waals surface area contributed by atoms with Crippen molar-refractivity contribution in [2.45, 2.75) is 32.3 Å². The average Bonchev–Trinajstić information content (AvgIpc) is 3.14. The molecule has 4 N–H and O–H groups in total. The number of halogens is 1. The van der Waals surface area contributed by atoms with Crippen molar-refractivity contribution in [3.8, 4) is 0 Å². The second-order valence-electron chi connectivity index (χ2n) is 7.81. The Kier molecular flexibility index (Phi) is 6.35. The van der Waals surface area contributed by atoms with E-state index in [0.29, 0.717) is 24.8 Å². The lowest BCUT2D eigenvalue weighted by Crippen LogP contribution is -2.57. The molecule has 0 radical (unpaired) electrons. The maximum Gasteiger partial charge on any atom is 0.186 e. The molecule has 1 aliphatic heterocycles. The molecule has 10 heteroatoms. The van der Waals surface area contributed by atoms with Crippen molar-refractivity contribution in [2.75, 3.05) is 36.5 Å². The first-order valence-corrected chi connectivity index (χ1v) is 10.9. The number of aromatic nitrogens is 2. The van der Waals surface area contributed by atoms with Gasteiger partial charge in [0, 0.05) is 37.4 Å². The fraction of sp³-hybridized carbons (Fsp3) is 0.429. The second kappa shape index (κ2) is 9.01. The van der Waals surface area contributed by atoms with E-state index in [1.807, 2.05) is 35.8 Å². The summed E-state index contributed by atoms with van der Waals surface area (Å²) in [6.45, 7) is 4.96. The van der Waals surface area contributed by atoms with E-state index in [1.54, 1.807) is 0 Å². The Hall–Kier alpha value is -2.37. The van der Waals surface area contributed by atoms with Gasteiger partial charge >= 0.3 is 0 Å². The van der Waals surface area contributed by atoms with Gasteiger partial charge in [0.15, 0.2) is 23.1 Å². The number of hydrogen-bond donors (Lipinski definition) is 4. The van der Waals surface area contributed by atoms with Crippen LogP contribution in [0.15, 0.2) is 30.5 Å². The fourth-order valence-corrected chi connectivity index (χ4v) is 4.76. The topological polar surface area (TPSA) is 105 Å². The molecule has 4 rings (SSSR count). The molecule has 1 saturated heterocycles. The van der Waals surface area contributed by atoms with Crippen LogP contribution in [0.4, 0.5) is 15.3 Å². The van der Waals surface area contributed by atoms with E-state index < -0.39 is 24.9 Å². The molecule has 1 aromatic carbocycles. The van der Waals surface area contributed by atoms with E-state index >= 15 is 0 Å². The lowest BCUT2D eigenvalue weighted by molar-refractivity contribution is -0.00547. The van der Waals surface area contributed by atoms with E-state index in [9.17, 15) is 14.6 Å². The van der Waals surface area contributed by atoms with E-state index in [2.05, 4.69) is 21.4 Å². The Bertz CT molecular complexity index is 1060. The predicted octanol–water partition coefficient (Wildman–Crippen LogP) is 2.06. The minimum atomic E-state index is -1.15. The van der Waals surface area contributed by atoms with E-state index in [0.717, 1.165) is 15.8 Å². The minimum absolute atomic E-state index is 0.0724. The first kappa shape index (κ1) is 21.8. The average molecular weight is 448 g/mol. The summed E-state index contributed by atoms with van der Waals surface area (Å²) in [6.07, 6.45) is -0.695. The van der Waals surface area contributed by atoms with Gasteiger partial charge in [0.2, 0.25) is 0 Å². The zero-order chi connectivity index (χ0) is 22.1. The molecule has 3 heterocycles. The third-order valence-electron chi connectivity index (χ3n) is 5.49. The summed E-state index contributed by atoms with van der Waals surface area (Å²) in [4.78, 5) is 12.4. The maximum absolute atomic E-state index is 14.6. The van der Waals surface area contributed by atoms with E-state index in [-0.39, 0.29) is 17.4 Å². The fourth-order valence-electron chi connectivity index (χ4n) is 3.78. The summed E-state index contributed by atoms with van der Waals surface area (Å²) in [5.41, 5.74) is 2.29. The minimum Gasteiger partial charge on any atom is -0.393 e. The van der Waals surface area contributed by atoms with Gasteiger partial charge in [0.25, 0.3) is 0 Å². The summed E-state index contributed by atoms with van der Waals surface area (Å²) in [7, 11) is 0. The summed E-state index contributed by atoms with van der Waals surface area (Å²) in [6, 6.07) is 7.17. The Morgan fingerprint density at radius 2 is 2.10 bits per heavy atom. The molecule has 166 valence electrons. The predicted molar refractivity (Wildman–Crippen MR) is 119 cm³/mol.